The lowest BCUT2D eigenvalue weighted by Gasteiger charge is -2.05. The maximum absolute atomic E-state index is 11.5. The van der Waals surface area contributed by atoms with Gasteiger partial charge in [-0.3, -0.25) is 9.59 Å². The molecule has 0 aromatic carbocycles. The van der Waals surface area contributed by atoms with Crippen LogP contribution in [0.2, 0.25) is 0 Å². The number of aromatic nitrogens is 1. The van der Waals surface area contributed by atoms with Gasteiger partial charge in [0.15, 0.2) is 0 Å². The Kier molecular flexibility index (Phi) is 2.51. The molecule has 1 N–H and O–H groups in total. The molecule has 0 aliphatic carbocycles. The smallest absolute Gasteiger partial charge is 0.263 e. The minimum Gasteiger partial charge on any atom is -0.355 e. The Bertz CT molecular complexity index is 398. The number of hydrogen-bond acceptors (Lipinski definition) is 2. The first kappa shape index (κ1) is 9.51. The maximum atomic E-state index is 11.5. The van der Waals surface area contributed by atoms with E-state index in [0.717, 1.165) is 5.69 Å². The van der Waals surface area contributed by atoms with Crippen LogP contribution >= 0.6 is 0 Å². The summed E-state index contributed by atoms with van der Waals surface area (Å²) < 4.78 is 1.45. The molecule has 0 saturated carbocycles. The standard InChI is InChI=1S/C9H12N2O2.H2/c1-6-4-5-7(8(12)10-2)9(13)11(6)3;/h4-5H,1-3H3,(H,10,12);1H. The minimum absolute atomic E-state index is 0. The minimum atomic E-state index is -0.347. The highest BCUT2D eigenvalue weighted by Gasteiger charge is 2.09. The molecular weight excluding hydrogens is 168 g/mol. The van der Waals surface area contributed by atoms with Gasteiger partial charge in [-0.2, -0.15) is 0 Å². The lowest BCUT2D eigenvalue weighted by molar-refractivity contribution is 0.0961. The van der Waals surface area contributed by atoms with Gasteiger partial charge in [-0.15, -0.1) is 0 Å². The van der Waals surface area contributed by atoms with Crippen LogP contribution in [0.25, 0.3) is 0 Å². The summed E-state index contributed by atoms with van der Waals surface area (Å²) in [5, 5.41) is 2.42. The van der Waals surface area contributed by atoms with E-state index in [9.17, 15) is 9.59 Å². The number of amides is 1. The highest BCUT2D eigenvalue weighted by atomic mass is 16.2. The molecule has 0 spiro atoms. The Labute approximate surface area is 77.7 Å². The molecule has 4 heteroatoms. The summed E-state index contributed by atoms with van der Waals surface area (Å²) in [6, 6.07) is 3.28. The Balaban J connectivity index is 0.00000169. The zero-order valence-corrected chi connectivity index (χ0v) is 7.92. The molecule has 1 aromatic rings. The van der Waals surface area contributed by atoms with Crippen molar-refractivity contribution in [2.75, 3.05) is 7.05 Å². The normalized spacial score (nSPS) is 9.77. The van der Waals surface area contributed by atoms with Crippen LogP contribution in [0.1, 0.15) is 17.5 Å². The Hall–Kier alpha value is -1.58. The Morgan fingerprint density at radius 3 is 2.69 bits per heavy atom. The van der Waals surface area contributed by atoms with E-state index in [4.69, 9.17) is 0 Å². The summed E-state index contributed by atoms with van der Waals surface area (Å²) in [5.74, 6) is -0.347. The van der Waals surface area contributed by atoms with Gasteiger partial charge in [-0.25, -0.2) is 0 Å². The van der Waals surface area contributed by atoms with Crippen LogP contribution in [0.15, 0.2) is 16.9 Å². The Morgan fingerprint density at radius 2 is 2.15 bits per heavy atom. The van der Waals surface area contributed by atoms with E-state index < -0.39 is 0 Å². The molecule has 13 heavy (non-hydrogen) atoms. The van der Waals surface area contributed by atoms with Crippen LogP contribution in [-0.4, -0.2) is 17.5 Å². The van der Waals surface area contributed by atoms with Gasteiger partial charge >= 0.3 is 0 Å². The molecule has 0 atom stereocenters. The van der Waals surface area contributed by atoms with Crippen LogP contribution in [-0.2, 0) is 7.05 Å². The molecule has 0 aliphatic heterocycles. The second-order valence-electron chi connectivity index (χ2n) is 2.83. The Morgan fingerprint density at radius 1 is 1.54 bits per heavy atom. The van der Waals surface area contributed by atoms with Gasteiger partial charge in [0.25, 0.3) is 11.5 Å². The van der Waals surface area contributed by atoms with E-state index in [1.165, 1.54) is 17.7 Å². The lowest BCUT2D eigenvalue weighted by Crippen LogP contribution is -2.30. The number of nitrogens with zero attached hydrogens (tertiary/aromatic N) is 1. The molecule has 0 saturated heterocycles. The number of pyridine rings is 1. The van der Waals surface area contributed by atoms with Crippen LogP contribution in [0.3, 0.4) is 0 Å². The van der Waals surface area contributed by atoms with Gasteiger partial charge in [0.1, 0.15) is 5.56 Å². The SMILES string of the molecule is CNC(=O)c1ccc(C)n(C)c1=O.[HH]. The first-order chi connectivity index (χ1) is 6.07. The summed E-state index contributed by atoms with van der Waals surface area (Å²) >= 11 is 0. The van der Waals surface area contributed by atoms with E-state index in [1.807, 2.05) is 6.92 Å². The van der Waals surface area contributed by atoms with E-state index in [0.29, 0.717) is 0 Å². The fraction of sp³-hybridized carbons (Fsp3) is 0.333. The molecule has 0 bridgehead atoms. The van der Waals surface area contributed by atoms with Crippen molar-refractivity contribution in [3.8, 4) is 0 Å². The molecule has 0 unspecified atom stereocenters. The van der Waals surface area contributed by atoms with Gasteiger partial charge in [0.2, 0.25) is 0 Å². The topological polar surface area (TPSA) is 51.1 Å². The van der Waals surface area contributed by atoms with E-state index in [2.05, 4.69) is 5.32 Å². The molecule has 72 valence electrons. The summed E-state index contributed by atoms with van der Waals surface area (Å²) in [7, 11) is 3.14. The molecule has 0 radical (unpaired) electrons. The van der Waals surface area contributed by atoms with Gasteiger partial charge in [-0.05, 0) is 19.1 Å². The number of hydrogen-bond donors (Lipinski definition) is 1. The lowest BCUT2D eigenvalue weighted by atomic mass is 10.2. The first-order valence-electron chi connectivity index (χ1n) is 3.96. The van der Waals surface area contributed by atoms with Crippen molar-refractivity contribution in [2.24, 2.45) is 7.05 Å². The van der Waals surface area contributed by atoms with Crippen molar-refractivity contribution in [3.63, 3.8) is 0 Å². The van der Waals surface area contributed by atoms with Crippen LogP contribution in [0, 0.1) is 6.92 Å². The van der Waals surface area contributed by atoms with Crippen LogP contribution < -0.4 is 10.9 Å². The maximum Gasteiger partial charge on any atom is 0.263 e. The quantitative estimate of drug-likeness (QED) is 0.679. The van der Waals surface area contributed by atoms with E-state index in [-0.39, 0.29) is 18.5 Å². The zero-order chi connectivity index (χ0) is 10.0. The van der Waals surface area contributed by atoms with Crippen LogP contribution in [0.5, 0.6) is 0 Å². The monoisotopic (exact) mass is 182 g/mol. The number of carbonyl (C=O) groups is 1. The summed E-state index contributed by atoms with van der Waals surface area (Å²) in [4.78, 5) is 22.7. The predicted molar refractivity (Wildman–Crippen MR) is 51.9 cm³/mol. The molecule has 4 nitrogen and oxygen atoms in total. The van der Waals surface area contributed by atoms with Crippen molar-refractivity contribution >= 4 is 5.91 Å². The van der Waals surface area contributed by atoms with Gasteiger partial charge in [0, 0.05) is 21.2 Å². The largest absolute Gasteiger partial charge is 0.355 e. The number of rotatable bonds is 1. The number of nitrogens with one attached hydrogen (secondary N) is 1. The summed E-state index contributed by atoms with van der Waals surface area (Å²) in [6.45, 7) is 1.81. The third kappa shape index (κ3) is 1.61. The zero-order valence-electron chi connectivity index (χ0n) is 7.92. The van der Waals surface area contributed by atoms with Crippen molar-refractivity contribution < 1.29 is 6.22 Å². The molecule has 0 aliphatic rings. The van der Waals surface area contributed by atoms with Crippen LogP contribution in [0.4, 0.5) is 0 Å². The van der Waals surface area contributed by atoms with Crippen molar-refractivity contribution in [3.05, 3.63) is 33.7 Å². The highest BCUT2D eigenvalue weighted by molar-refractivity contribution is 5.93. The van der Waals surface area contributed by atoms with Gasteiger partial charge in [-0.1, -0.05) is 0 Å². The van der Waals surface area contributed by atoms with E-state index >= 15 is 0 Å². The molecule has 1 heterocycles. The second kappa shape index (κ2) is 3.43. The fourth-order valence-corrected chi connectivity index (χ4v) is 1.04. The molecule has 1 aromatic heterocycles. The average molecular weight is 182 g/mol. The van der Waals surface area contributed by atoms with Gasteiger partial charge < -0.3 is 9.88 Å². The fourth-order valence-electron chi connectivity index (χ4n) is 1.04. The number of carbonyl (C=O) groups excluding carboxylic acids is 1. The molecule has 1 rings (SSSR count). The third-order valence-corrected chi connectivity index (χ3v) is 2.03. The second-order valence-corrected chi connectivity index (χ2v) is 2.83. The highest BCUT2D eigenvalue weighted by Crippen LogP contribution is 1.95. The van der Waals surface area contributed by atoms with E-state index in [1.54, 1.807) is 13.1 Å². The summed E-state index contributed by atoms with van der Waals surface area (Å²) in [5.41, 5.74) is 0.743. The van der Waals surface area contributed by atoms with Crippen molar-refractivity contribution in [1.29, 1.82) is 0 Å². The summed E-state index contributed by atoms with van der Waals surface area (Å²) in [6.07, 6.45) is 0. The molecule has 1 amide bonds. The first-order valence-corrected chi connectivity index (χ1v) is 3.96. The molecule has 0 fully saturated rings. The third-order valence-electron chi connectivity index (χ3n) is 2.03. The van der Waals surface area contributed by atoms with Crippen molar-refractivity contribution in [1.82, 2.24) is 9.88 Å². The van der Waals surface area contributed by atoms with Gasteiger partial charge in [0.05, 0.1) is 0 Å². The number of aryl methyl sites for hydroxylation is 1. The average Bonchev–Trinajstić information content (AvgIpc) is 2.13. The molecular formula is C9H14N2O2. The van der Waals surface area contributed by atoms with Crippen molar-refractivity contribution in [2.45, 2.75) is 6.92 Å². The predicted octanol–water partition coefficient (Wildman–Crippen LogP) is 0.299.